The monoisotopic (exact) mass is 391 g/mol. The standard InChI is InChI=1S/C17H21N5O4S/c1-3-9-21-15(24)10-14(18-19-16(25)20-27-12(2)23)22(17(21)26)11-13-7-5-4-6-8-13/h4-8,10,18H,3,9,11H2,1-2H3,(H2,19,20,25). The molecule has 2 aromatic rings. The van der Waals surface area contributed by atoms with Crippen LogP contribution in [-0.4, -0.2) is 20.3 Å². The van der Waals surface area contributed by atoms with Crippen LogP contribution in [-0.2, 0) is 17.9 Å². The number of amides is 2. The maximum atomic E-state index is 12.8. The van der Waals surface area contributed by atoms with E-state index in [0.29, 0.717) is 24.9 Å². The van der Waals surface area contributed by atoms with Gasteiger partial charge in [-0.2, -0.15) is 0 Å². The molecule has 0 atom stereocenters. The zero-order chi connectivity index (χ0) is 19.8. The lowest BCUT2D eigenvalue weighted by atomic mass is 10.2. The van der Waals surface area contributed by atoms with Crippen LogP contribution in [0.1, 0.15) is 25.8 Å². The highest BCUT2D eigenvalue weighted by Gasteiger charge is 2.12. The molecule has 0 aliphatic carbocycles. The van der Waals surface area contributed by atoms with Crippen LogP contribution >= 0.6 is 11.9 Å². The van der Waals surface area contributed by atoms with Crippen molar-refractivity contribution in [2.24, 2.45) is 0 Å². The highest BCUT2D eigenvalue weighted by atomic mass is 32.2. The predicted molar refractivity (Wildman–Crippen MR) is 104 cm³/mol. The van der Waals surface area contributed by atoms with E-state index in [-0.39, 0.29) is 17.5 Å². The summed E-state index contributed by atoms with van der Waals surface area (Å²) in [6, 6.07) is 9.83. The van der Waals surface area contributed by atoms with Crippen molar-refractivity contribution in [3.63, 3.8) is 0 Å². The van der Waals surface area contributed by atoms with Crippen molar-refractivity contribution >= 4 is 28.9 Å². The van der Waals surface area contributed by atoms with Crippen molar-refractivity contribution in [3.05, 3.63) is 62.8 Å². The van der Waals surface area contributed by atoms with Gasteiger partial charge in [0.2, 0.25) is 5.12 Å². The molecule has 3 N–H and O–H groups in total. The van der Waals surface area contributed by atoms with Crippen molar-refractivity contribution < 1.29 is 9.59 Å². The number of nitrogens with zero attached hydrogens (tertiary/aromatic N) is 2. The zero-order valence-corrected chi connectivity index (χ0v) is 15.8. The average molecular weight is 391 g/mol. The van der Waals surface area contributed by atoms with Crippen LogP contribution in [0.5, 0.6) is 0 Å². The number of benzene rings is 1. The normalized spacial score (nSPS) is 10.3. The lowest BCUT2D eigenvalue weighted by molar-refractivity contribution is -0.109. The first-order chi connectivity index (χ1) is 12.9. The van der Waals surface area contributed by atoms with Gasteiger partial charge in [-0.1, -0.05) is 37.3 Å². The first kappa shape index (κ1) is 20.3. The Hall–Kier alpha value is -3.01. The summed E-state index contributed by atoms with van der Waals surface area (Å²) in [5, 5.41) is -0.284. The Morgan fingerprint density at radius 3 is 2.44 bits per heavy atom. The van der Waals surface area contributed by atoms with E-state index in [9.17, 15) is 19.2 Å². The summed E-state index contributed by atoms with van der Waals surface area (Å²) in [6.45, 7) is 3.70. The van der Waals surface area contributed by atoms with Gasteiger partial charge in [0.25, 0.3) is 5.56 Å². The Morgan fingerprint density at radius 1 is 1.11 bits per heavy atom. The number of carbonyl (C=O) groups is 2. The second-order valence-corrected chi connectivity index (χ2v) is 6.63. The Bertz CT molecular complexity index is 923. The number of rotatable bonds is 6. The highest BCUT2D eigenvalue weighted by Crippen LogP contribution is 2.06. The molecule has 0 aliphatic rings. The van der Waals surface area contributed by atoms with Crippen LogP contribution in [0.15, 0.2) is 46.0 Å². The molecule has 144 valence electrons. The van der Waals surface area contributed by atoms with Crippen LogP contribution in [0.3, 0.4) is 0 Å². The van der Waals surface area contributed by atoms with E-state index in [1.807, 2.05) is 37.3 Å². The molecule has 1 aromatic heterocycles. The quantitative estimate of drug-likeness (QED) is 0.505. The third-order valence-corrected chi connectivity index (χ3v) is 4.08. The molecule has 1 aromatic carbocycles. The van der Waals surface area contributed by atoms with Gasteiger partial charge in [-0.25, -0.2) is 15.0 Å². The summed E-state index contributed by atoms with van der Waals surface area (Å²) >= 11 is 0.621. The molecule has 27 heavy (non-hydrogen) atoms. The first-order valence-corrected chi connectivity index (χ1v) is 9.12. The lowest BCUT2D eigenvalue weighted by Gasteiger charge is -2.17. The van der Waals surface area contributed by atoms with Gasteiger partial charge in [0, 0.05) is 31.5 Å². The number of urea groups is 1. The number of hydrazine groups is 1. The maximum Gasteiger partial charge on any atom is 0.343 e. The summed E-state index contributed by atoms with van der Waals surface area (Å²) in [5.74, 6) is 0.143. The van der Waals surface area contributed by atoms with Gasteiger partial charge in [0.05, 0.1) is 6.54 Å². The molecule has 0 saturated carbocycles. The second-order valence-electron chi connectivity index (χ2n) is 5.65. The Kier molecular flexibility index (Phi) is 7.24. The van der Waals surface area contributed by atoms with Gasteiger partial charge < -0.3 is 0 Å². The molecule has 0 saturated heterocycles. The Labute approximate surface area is 159 Å². The highest BCUT2D eigenvalue weighted by molar-refractivity contribution is 8.12. The minimum Gasteiger partial charge on any atom is -0.286 e. The lowest BCUT2D eigenvalue weighted by Crippen LogP contribution is -2.43. The Morgan fingerprint density at radius 2 is 1.81 bits per heavy atom. The third-order valence-electron chi connectivity index (χ3n) is 3.50. The Balaban J connectivity index is 2.31. The molecule has 1 heterocycles. The fraction of sp³-hybridized carbons (Fsp3) is 0.294. The van der Waals surface area contributed by atoms with E-state index in [2.05, 4.69) is 15.6 Å². The molecular weight excluding hydrogens is 370 g/mol. The summed E-state index contributed by atoms with van der Waals surface area (Å²) in [6.07, 6.45) is 0.635. The number of hydrogen-bond donors (Lipinski definition) is 3. The van der Waals surface area contributed by atoms with Crippen LogP contribution < -0.4 is 26.8 Å². The van der Waals surface area contributed by atoms with Gasteiger partial charge in [-0.15, -0.1) is 0 Å². The smallest absolute Gasteiger partial charge is 0.286 e. The zero-order valence-electron chi connectivity index (χ0n) is 15.0. The molecule has 0 radical (unpaired) electrons. The van der Waals surface area contributed by atoms with Gasteiger partial charge in [0.15, 0.2) is 0 Å². The maximum absolute atomic E-state index is 12.8. The van der Waals surface area contributed by atoms with E-state index in [1.54, 1.807) is 0 Å². The van der Waals surface area contributed by atoms with Crippen LogP contribution in [0.4, 0.5) is 10.6 Å². The number of carbonyl (C=O) groups excluding carboxylic acids is 2. The van der Waals surface area contributed by atoms with Gasteiger partial charge in [-0.05, 0) is 12.0 Å². The van der Waals surface area contributed by atoms with Crippen molar-refractivity contribution in [2.75, 3.05) is 5.43 Å². The van der Waals surface area contributed by atoms with Crippen molar-refractivity contribution in [1.82, 2.24) is 19.3 Å². The number of nitrogens with one attached hydrogen (secondary N) is 3. The molecule has 0 fully saturated rings. The molecule has 0 aliphatic heterocycles. The number of anilines is 1. The number of aromatic nitrogens is 2. The van der Waals surface area contributed by atoms with E-state index < -0.39 is 17.3 Å². The SMILES string of the molecule is CCCn1c(=O)cc(NNC(=O)NSC(C)=O)n(Cc2ccccc2)c1=O. The molecule has 0 spiro atoms. The van der Waals surface area contributed by atoms with Crippen LogP contribution in [0, 0.1) is 0 Å². The van der Waals surface area contributed by atoms with Crippen LogP contribution in [0.25, 0.3) is 0 Å². The largest absolute Gasteiger partial charge is 0.343 e. The van der Waals surface area contributed by atoms with Crippen molar-refractivity contribution in [3.8, 4) is 0 Å². The minimum absolute atomic E-state index is 0.143. The summed E-state index contributed by atoms with van der Waals surface area (Å²) in [5.41, 5.74) is 4.80. The molecule has 0 unspecified atom stereocenters. The van der Waals surface area contributed by atoms with Crippen molar-refractivity contribution in [1.29, 1.82) is 0 Å². The van der Waals surface area contributed by atoms with E-state index >= 15 is 0 Å². The van der Waals surface area contributed by atoms with Gasteiger partial charge in [-0.3, -0.25) is 28.9 Å². The second kappa shape index (κ2) is 9.62. The molecule has 9 nitrogen and oxygen atoms in total. The van der Waals surface area contributed by atoms with Crippen LogP contribution in [0.2, 0.25) is 0 Å². The molecule has 10 heteroatoms. The van der Waals surface area contributed by atoms with E-state index in [1.165, 1.54) is 17.6 Å². The fourth-order valence-corrected chi connectivity index (χ4v) is 2.62. The summed E-state index contributed by atoms with van der Waals surface area (Å²) in [4.78, 5) is 47.6. The van der Waals surface area contributed by atoms with Gasteiger partial charge >= 0.3 is 11.7 Å². The first-order valence-electron chi connectivity index (χ1n) is 8.30. The average Bonchev–Trinajstić information content (AvgIpc) is 2.65. The fourth-order valence-electron chi connectivity index (χ4n) is 2.33. The number of hydrogen-bond acceptors (Lipinski definition) is 6. The summed E-state index contributed by atoms with van der Waals surface area (Å²) < 4.78 is 4.78. The van der Waals surface area contributed by atoms with E-state index in [4.69, 9.17) is 0 Å². The predicted octanol–water partition coefficient (Wildman–Crippen LogP) is 1.29. The molecular formula is C17H21N5O4S. The third kappa shape index (κ3) is 5.74. The topological polar surface area (TPSA) is 114 Å². The van der Waals surface area contributed by atoms with Gasteiger partial charge in [0.1, 0.15) is 5.82 Å². The molecule has 0 bridgehead atoms. The molecule has 2 amide bonds. The molecule has 2 rings (SSSR count). The van der Waals surface area contributed by atoms with Crippen molar-refractivity contribution in [2.45, 2.75) is 33.4 Å². The summed E-state index contributed by atoms with van der Waals surface area (Å²) in [7, 11) is 0. The minimum atomic E-state index is -0.688. The van der Waals surface area contributed by atoms with E-state index in [0.717, 1.165) is 10.1 Å².